The maximum Gasteiger partial charge on any atom is 0.315 e. The number of aliphatic carboxylic acids is 1. The van der Waals surface area contributed by atoms with Gasteiger partial charge in [-0.1, -0.05) is 37.5 Å². The molecule has 2 fully saturated rings. The molecule has 1 N–H and O–H groups in total. The third-order valence-corrected chi connectivity index (χ3v) is 6.69. The van der Waals surface area contributed by atoms with Crippen LogP contribution in [0.1, 0.15) is 43.6 Å². The number of nitrogens with zero attached hydrogens (tertiary/aromatic N) is 2. The van der Waals surface area contributed by atoms with E-state index in [1.54, 1.807) is 0 Å². The van der Waals surface area contributed by atoms with Gasteiger partial charge in [0.15, 0.2) is 0 Å². The van der Waals surface area contributed by atoms with Gasteiger partial charge < -0.3 is 14.7 Å². The number of para-hydroxylation sites is 1. The van der Waals surface area contributed by atoms with Gasteiger partial charge in [-0.3, -0.25) is 14.5 Å². The molecule has 1 aromatic rings. The highest BCUT2D eigenvalue weighted by molar-refractivity contribution is 5.80. The van der Waals surface area contributed by atoms with E-state index in [0.717, 1.165) is 24.2 Å². The van der Waals surface area contributed by atoms with Crippen molar-refractivity contribution in [2.75, 3.05) is 33.3 Å². The van der Waals surface area contributed by atoms with Crippen molar-refractivity contribution >= 4 is 11.9 Å². The second kappa shape index (κ2) is 7.15. The van der Waals surface area contributed by atoms with Crippen molar-refractivity contribution in [1.82, 2.24) is 9.80 Å². The quantitative estimate of drug-likeness (QED) is 0.879. The van der Waals surface area contributed by atoms with Crippen LogP contribution in [0, 0.1) is 5.41 Å². The summed E-state index contributed by atoms with van der Waals surface area (Å²) in [7, 11) is 1.90. The molecule has 1 aromatic carbocycles. The number of rotatable bonds is 4. The summed E-state index contributed by atoms with van der Waals surface area (Å²) >= 11 is 0. The van der Waals surface area contributed by atoms with E-state index in [1.165, 1.54) is 19.3 Å². The predicted octanol–water partition coefficient (Wildman–Crippen LogP) is 2.34. The van der Waals surface area contributed by atoms with Crippen LogP contribution in [-0.2, 0) is 9.59 Å². The Hall–Kier alpha value is -2.08. The summed E-state index contributed by atoms with van der Waals surface area (Å²) in [5.74, 6) is -0.118. The van der Waals surface area contributed by atoms with Gasteiger partial charge in [0.25, 0.3) is 0 Å². The normalized spacial score (nSPS) is 28.1. The fourth-order valence-electron chi connectivity index (χ4n) is 5.03. The van der Waals surface area contributed by atoms with Crippen molar-refractivity contribution < 1.29 is 19.4 Å². The number of likely N-dealkylation sites (tertiary alicyclic amines) is 1. The Morgan fingerprint density at radius 1 is 1.26 bits per heavy atom. The summed E-state index contributed by atoms with van der Waals surface area (Å²) in [4.78, 5) is 28.9. The summed E-state index contributed by atoms with van der Waals surface area (Å²) in [5.41, 5.74) is -0.0281. The largest absolute Gasteiger partial charge is 0.492 e. The van der Waals surface area contributed by atoms with Gasteiger partial charge in [-0.25, -0.2) is 0 Å². The van der Waals surface area contributed by atoms with Crippen LogP contribution >= 0.6 is 0 Å². The van der Waals surface area contributed by atoms with Crippen LogP contribution in [0.15, 0.2) is 24.3 Å². The summed E-state index contributed by atoms with van der Waals surface area (Å²) < 4.78 is 5.80. The maximum atomic E-state index is 12.8. The number of fused-ring (bicyclic) bond motifs is 3. The number of amides is 1. The van der Waals surface area contributed by atoms with Gasteiger partial charge in [-0.05, 0) is 24.5 Å². The van der Waals surface area contributed by atoms with Crippen molar-refractivity contribution in [2.45, 2.75) is 44.1 Å². The number of carbonyl (C=O) groups excluding carboxylic acids is 1. The van der Waals surface area contributed by atoms with E-state index in [4.69, 9.17) is 4.74 Å². The van der Waals surface area contributed by atoms with Gasteiger partial charge >= 0.3 is 5.97 Å². The molecule has 6 nitrogen and oxygen atoms in total. The van der Waals surface area contributed by atoms with Crippen LogP contribution in [0.3, 0.4) is 0 Å². The monoisotopic (exact) mass is 372 g/mol. The van der Waals surface area contributed by atoms with E-state index in [-0.39, 0.29) is 25.0 Å². The molecule has 1 amide bonds. The minimum Gasteiger partial charge on any atom is -0.492 e. The lowest BCUT2D eigenvalue weighted by molar-refractivity contribution is -0.152. The fourth-order valence-corrected chi connectivity index (χ4v) is 5.03. The first-order valence-electron chi connectivity index (χ1n) is 9.94. The van der Waals surface area contributed by atoms with Crippen LogP contribution in [0.5, 0.6) is 5.75 Å². The van der Waals surface area contributed by atoms with Gasteiger partial charge in [-0.2, -0.15) is 0 Å². The van der Waals surface area contributed by atoms with E-state index in [1.807, 2.05) is 41.1 Å². The lowest BCUT2D eigenvalue weighted by atomic mass is 9.73. The summed E-state index contributed by atoms with van der Waals surface area (Å²) in [6.45, 7) is 1.37. The van der Waals surface area contributed by atoms with Crippen LogP contribution in [0.25, 0.3) is 0 Å². The standard InChI is InChI=1S/C21H28N2O4/c1-22(15-7-3-2-4-8-15)19(24)12-23-11-17-16-9-5-6-10-18(16)27-14-21(17,13-23)20(25)26/h5-6,9-10,15,17H,2-4,7-8,11-14H2,1H3,(H,25,26)/t17-,21-/m1/s1. The zero-order valence-corrected chi connectivity index (χ0v) is 15.9. The summed E-state index contributed by atoms with van der Waals surface area (Å²) in [6, 6.07) is 8.00. The number of benzene rings is 1. The Bertz CT molecular complexity index is 731. The van der Waals surface area contributed by atoms with Gasteiger partial charge in [0.1, 0.15) is 17.8 Å². The predicted molar refractivity (Wildman–Crippen MR) is 101 cm³/mol. The van der Waals surface area contributed by atoms with Crippen LogP contribution in [-0.4, -0.2) is 66.1 Å². The second-order valence-corrected chi connectivity index (χ2v) is 8.31. The highest BCUT2D eigenvalue weighted by Gasteiger charge is 2.56. The first-order valence-corrected chi connectivity index (χ1v) is 9.94. The number of carboxylic acid groups (broad SMARTS) is 1. The number of hydrogen-bond acceptors (Lipinski definition) is 4. The van der Waals surface area contributed by atoms with Crippen molar-refractivity contribution in [1.29, 1.82) is 0 Å². The zero-order valence-electron chi connectivity index (χ0n) is 15.9. The van der Waals surface area contributed by atoms with Crippen molar-refractivity contribution in [3.05, 3.63) is 29.8 Å². The number of hydrogen-bond donors (Lipinski definition) is 1. The Balaban J connectivity index is 1.50. The van der Waals surface area contributed by atoms with Crippen molar-refractivity contribution in [2.24, 2.45) is 5.41 Å². The average Bonchev–Trinajstić information content (AvgIpc) is 3.08. The minimum atomic E-state index is -0.974. The minimum absolute atomic E-state index is 0.0929. The Kier molecular flexibility index (Phi) is 4.84. The molecule has 27 heavy (non-hydrogen) atoms. The molecule has 0 unspecified atom stereocenters. The third-order valence-electron chi connectivity index (χ3n) is 6.69. The fraction of sp³-hybridized carbons (Fsp3) is 0.619. The van der Waals surface area contributed by atoms with E-state index in [2.05, 4.69) is 0 Å². The number of carboxylic acids is 1. The first kappa shape index (κ1) is 18.3. The van der Waals surface area contributed by atoms with Gasteiger partial charge in [0, 0.05) is 32.1 Å². The summed E-state index contributed by atoms with van der Waals surface area (Å²) in [6.07, 6.45) is 5.78. The lowest BCUT2D eigenvalue weighted by Gasteiger charge is -2.36. The molecule has 2 aliphatic heterocycles. The van der Waals surface area contributed by atoms with E-state index >= 15 is 0 Å². The molecule has 0 radical (unpaired) electrons. The molecule has 146 valence electrons. The molecule has 1 saturated heterocycles. The molecule has 2 heterocycles. The lowest BCUT2D eigenvalue weighted by Crippen LogP contribution is -2.47. The molecule has 4 rings (SSSR count). The molecule has 3 aliphatic rings. The smallest absolute Gasteiger partial charge is 0.315 e. The SMILES string of the molecule is CN(C(=O)CN1C[C@@H]2c3ccccc3OC[C@]2(C(=O)O)C1)C1CCCCC1. The molecular weight excluding hydrogens is 344 g/mol. The van der Waals surface area contributed by atoms with Crippen molar-refractivity contribution in [3.63, 3.8) is 0 Å². The van der Waals surface area contributed by atoms with Gasteiger partial charge in [0.2, 0.25) is 5.91 Å². The van der Waals surface area contributed by atoms with Crippen LogP contribution in [0.4, 0.5) is 0 Å². The molecule has 6 heteroatoms. The Morgan fingerprint density at radius 2 is 2.00 bits per heavy atom. The molecule has 0 aromatic heterocycles. The van der Waals surface area contributed by atoms with E-state index < -0.39 is 11.4 Å². The second-order valence-electron chi connectivity index (χ2n) is 8.31. The molecule has 0 bridgehead atoms. The number of ether oxygens (including phenoxy) is 1. The van der Waals surface area contributed by atoms with Gasteiger partial charge in [0.05, 0.1) is 6.54 Å². The Morgan fingerprint density at radius 3 is 2.74 bits per heavy atom. The maximum absolute atomic E-state index is 12.8. The number of carbonyl (C=O) groups is 2. The van der Waals surface area contributed by atoms with E-state index in [0.29, 0.717) is 19.1 Å². The zero-order chi connectivity index (χ0) is 19.0. The molecule has 1 saturated carbocycles. The molecular formula is C21H28N2O4. The summed E-state index contributed by atoms with van der Waals surface area (Å²) in [5, 5.41) is 9.99. The first-order chi connectivity index (χ1) is 13.0. The third kappa shape index (κ3) is 3.20. The highest BCUT2D eigenvalue weighted by atomic mass is 16.5. The number of likely N-dealkylation sites (N-methyl/N-ethyl adjacent to an activating group) is 1. The Labute approximate surface area is 160 Å². The average molecular weight is 372 g/mol. The molecule has 0 spiro atoms. The van der Waals surface area contributed by atoms with Gasteiger partial charge in [-0.15, -0.1) is 0 Å². The van der Waals surface area contributed by atoms with Crippen molar-refractivity contribution in [3.8, 4) is 5.75 Å². The molecule has 2 atom stereocenters. The molecule has 1 aliphatic carbocycles. The topological polar surface area (TPSA) is 70.1 Å². The van der Waals surface area contributed by atoms with E-state index in [9.17, 15) is 14.7 Å². The van der Waals surface area contributed by atoms with Crippen LogP contribution < -0.4 is 4.74 Å². The van der Waals surface area contributed by atoms with Crippen LogP contribution in [0.2, 0.25) is 0 Å². The highest BCUT2D eigenvalue weighted by Crippen LogP contribution is 2.49.